The van der Waals surface area contributed by atoms with E-state index in [0.29, 0.717) is 19.8 Å². The number of benzene rings is 1. The van der Waals surface area contributed by atoms with Crippen molar-refractivity contribution in [2.45, 2.75) is 19.9 Å². The number of amides is 1. The van der Waals surface area contributed by atoms with Crippen LogP contribution in [0.25, 0.3) is 0 Å². The number of nitro benzene ring substituents is 1. The third-order valence-electron chi connectivity index (χ3n) is 3.31. The summed E-state index contributed by atoms with van der Waals surface area (Å²) >= 11 is 0. The molecule has 1 saturated heterocycles. The molecule has 1 aliphatic rings. The van der Waals surface area contributed by atoms with Gasteiger partial charge in [-0.15, -0.1) is 0 Å². The van der Waals surface area contributed by atoms with Crippen LogP contribution in [0.5, 0.6) is 0 Å². The van der Waals surface area contributed by atoms with Gasteiger partial charge in [0.05, 0.1) is 29.7 Å². The molecule has 0 aromatic heterocycles. The molecule has 0 bridgehead atoms. The second kappa shape index (κ2) is 5.54. The Morgan fingerprint density at radius 2 is 2.25 bits per heavy atom. The Balaban J connectivity index is 2.40. The van der Waals surface area contributed by atoms with Gasteiger partial charge in [-0.2, -0.15) is 0 Å². The van der Waals surface area contributed by atoms with E-state index in [4.69, 9.17) is 4.74 Å². The maximum Gasteiger partial charge on any atom is 0.270 e. The number of carbonyl (C=O) groups is 1. The van der Waals surface area contributed by atoms with E-state index in [1.807, 2.05) is 0 Å². The van der Waals surface area contributed by atoms with Crippen molar-refractivity contribution in [3.8, 4) is 0 Å². The van der Waals surface area contributed by atoms with Crippen molar-refractivity contribution in [2.75, 3.05) is 19.8 Å². The molecule has 1 aromatic carbocycles. The molecular formula is C13H15FN2O4. The molecule has 6 nitrogen and oxygen atoms in total. The predicted octanol–water partition coefficient (Wildman–Crippen LogP) is 1.90. The minimum Gasteiger partial charge on any atom is -0.377 e. The smallest absolute Gasteiger partial charge is 0.270 e. The van der Waals surface area contributed by atoms with Crippen molar-refractivity contribution in [1.82, 2.24) is 4.90 Å². The SMILES string of the molecule is Cc1cc([N+](=O)[O-])cc(C(=O)N2CCOC[C@H]2C)c1F. The van der Waals surface area contributed by atoms with E-state index in [1.54, 1.807) is 6.92 Å². The number of aryl methyl sites for hydroxylation is 1. The fraction of sp³-hybridized carbons (Fsp3) is 0.462. The van der Waals surface area contributed by atoms with E-state index >= 15 is 0 Å². The molecular weight excluding hydrogens is 267 g/mol. The second-order valence-corrected chi connectivity index (χ2v) is 4.80. The van der Waals surface area contributed by atoms with Crippen LogP contribution in [0.15, 0.2) is 12.1 Å². The van der Waals surface area contributed by atoms with E-state index in [9.17, 15) is 19.3 Å². The summed E-state index contributed by atoms with van der Waals surface area (Å²) in [6, 6.07) is 1.93. The lowest BCUT2D eigenvalue weighted by Crippen LogP contribution is -2.47. The van der Waals surface area contributed by atoms with Crippen LogP contribution in [-0.4, -0.2) is 41.5 Å². The zero-order valence-corrected chi connectivity index (χ0v) is 11.3. The van der Waals surface area contributed by atoms with Gasteiger partial charge in [0.1, 0.15) is 5.82 Å². The van der Waals surface area contributed by atoms with Crippen LogP contribution in [0.1, 0.15) is 22.8 Å². The van der Waals surface area contributed by atoms with E-state index in [1.165, 1.54) is 11.8 Å². The maximum absolute atomic E-state index is 14.1. The number of halogens is 1. The highest BCUT2D eigenvalue weighted by molar-refractivity contribution is 5.95. The van der Waals surface area contributed by atoms with Crippen molar-refractivity contribution in [1.29, 1.82) is 0 Å². The minimum atomic E-state index is -0.709. The van der Waals surface area contributed by atoms with Gasteiger partial charge in [0, 0.05) is 18.7 Å². The lowest BCUT2D eigenvalue weighted by molar-refractivity contribution is -0.385. The molecule has 20 heavy (non-hydrogen) atoms. The van der Waals surface area contributed by atoms with E-state index in [-0.39, 0.29) is 22.9 Å². The molecule has 1 aromatic rings. The molecule has 0 unspecified atom stereocenters. The Bertz CT molecular complexity index is 562. The number of hydrogen-bond donors (Lipinski definition) is 0. The maximum atomic E-state index is 14.1. The number of nitrogens with zero attached hydrogens (tertiary/aromatic N) is 2. The number of carbonyl (C=O) groups excluding carboxylic acids is 1. The highest BCUT2D eigenvalue weighted by atomic mass is 19.1. The molecule has 0 aliphatic carbocycles. The van der Waals surface area contributed by atoms with Crippen LogP contribution in [0.2, 0.25) is 0 Å². The molecule has 108 valence electrons. The molecule has 1 amide bonds. The average molecular weight is 282 g/mol. The molecule has 2 rings (SSSR count). The van der Waals surface area contributed by atoms with Gasteiger partial charge in [-0.05, 0) is 19.4 Å². The summed E-state index contributed by atoms with van der Waals surface area (Å²) in [7, 11) is 0. The first-order valence-electron chi connectivity index (χ1n) is 6.25. The van der Waals surface area contributed by atoms with Crippen molar-refractivity contribution in [3.63, 3.8) is 0 Å². The normalized spacial score (nSPS) is 18.9. The minimum absolute atomic E-state index is 0.0865. The molecule has 1 fully saturated rings. The summed E-state index contributed by atoms with van der Waals surface area (Å²) in [6.07, 6.45) is 0. The first-order valence-corrected chi connectivity index (χ1v) is 6.25. The van der Waals surface area contributed by atoms with E-state index < -0.39 is 16.6 Å². The predicted molar refractivity (Wildman–Crippen MR) is 69.1 cm³/mol. The molecule has 1 atom stereocenters. The highest BCUT2D eigenvalue weighted by Gasteiger charge is 2.28. The van der Waals surface area contributed by atoms with Gasteiger partial charge in [-0.3, -0.25) is 14.9 Å². The molecule has 0 radical (unpaired) electrons. The van der Waals surface area contributed by atoms with Gasteiger partial charge in [-0.25, -0.2) is 4.39 Å². The van der Waals surface area contributed by atoms with Gasteiger partial charge < -0.3 is 9.64 Å². The second-order valence-electron chi connectivity index (χ2n) is 4.80. The van der Waals surface area contributed by atoms with Gasteiger partial charge in [0.25, 0.3) is 11.6 Å². The van der Waals surface area contributed by atoms with E-state index in [2.05, 4.69) is 0 Å². The third-order valence-corrected chi connectivity index (χ3v) is 3.31. The topological polar surface area (TPSA) is 72.7 Å². The van der Waals surface area contributed by atoms with Gasteiger partial charge in [0.2, 0.25) is 0 Å². The summed E-state index contributed by atoms with van der Waals surface area (Å²) in [5.74, 6) is -1.25. The first-order chi connectivity index (χ1) is 9.41. The molecule has 0 saturated carbocycles. The Hall–Kier alpha value is -2.02. The summed E-state index contributed by atoms with van der Waals surface area (Å²) in [5.41, 5.74) is -0.456. The fourth-order valence-corrected chi connectivity index (χ4v) is 2.20. The monoisotopic (exact) mass is 282 g/mol. The fourth-order valence-electron chi connectivity index (χ4n) is 2.20. The van der Waals surface area contributed by atoms with Crippen LogP contribution in [-0.2, 0) is 4.74 Å². The van der Waals surface area contributed by atoms with Crippen molar-refractivity contribution in [2.24, 2.45) is 0 Å². The summed E-state index contributed by atoms with van der Waals surface area (Å²) in [6.45, 7) is 4.30. The summed E-state index contributed by atoms with van der Waals surface area (Å²) in [5, 5.41) is 10.8. The third kappa shape index (κ3) is 2.62. The quantitative estimate of drug-likeness (QED) is 0.613. The van der Waals surface area contributed by atoms with Gasteiger partial charge in [-0.1, -0.05) is 0 Å². The number of morpholine rings is 1. The van der Waals surface area contributed by atoms with Gasteiger partial charge >= 0.3 is 0 Å². The Morgan fingerprint density at radius 3 is 2.85 bits per heavy atom. The molecule has 1 heterocycles. The number of non-ortho nitro benzene ring substituents is 1. The molecule has 0 N–H and O–H groups in total. The van der Waals surface area contributed by atoms with E-state index in [0.717, 1.165) is 12.1 Å². The Labute approximate surface area is 115 Å². The number of rotatable bonds is 2. The number of nitro groups is 1. The number of ether oxygens (including phenoxy) is 1. The molecule has 0 spiro atoms. The van der Waals surface area contributed by atoms with Crippen LogP contribution in [0, 0.1) is 22.9 Å². The number of hydrogen-bond acceptors (Lipinski definition) is 4. The lowest BCUT2D eigenvalue weighted by atomic mass is 10.1. The Kier molecular flexibility index (Phi) is 3.99. The van der Waals surface area contributed by atoms with Crippen molar-refractivity contribution >= 4 is 11.6 Å². The van der Waals surface area contributed by atoms with Crippen LogP contribution in [0.3, 0.4) is 0 Å². The van der Waals surface area contributed by atoms with Crippen LogP contribution >= 0.6 is 0 Å². The van der Waals surface area contributed by atoms with Crippen molar-refractivity contribution in [3.05, 3.63) is 39.2 Å². The summed E-state index contributed by atoms with van der Waals surface area (Å²) in [4.78, 5) is 24.0. The van der Waals surface area contributed by atoms with Crippen LogP contribution in [0.4, 0.5) is 10.1 Å². The summed E-state index contributed by atoms with van der Waals surface area (Å²) < 4.78 is 19.3. The Morgan fingerprint density at radius 1 is 1.55 bits per heavy atom. The largest absolute Gasteiger partial charge is 0.377 e. The highest BCUT2D eigenvalue weighted by Crippen LogP contribution is 2.23. The zero-order valence-electron chi connectivity index (χ0n) is 11.3. The standard InChI is InChI=1S/C13H15FN2O4/c1-8-5-10(16(18)19)6-11(12(8)14)13(17)15-3-4-20-7-9(15)2/h5-6,9H,3-4,7H2,1-2H3/t9-/m1/s1. The molecule has 7 heteroatoms. The lowest BCUT2D eigenvalue weighted by Gasteiger charge is -2.33. The van der Waals surface area contributed by atoms with Gasteiger partial charge in [0.15, 0.2) is 0 Å². The van der Waals surface area contributed by atoms with Crippen LogP contribution < -0.4 is 0 Å². The molecule has 1 aliphatic heterocycles. The van der Waals surface area contributed by atoms with Crippen molar-refractivity contribution < 1.29 is 18.8 Å². The average Bonchev–Trinajstić information content (AvgIpc) is 2.41. The zero-order chi connectivity index (χ0) is 14.9. The first kappa shape index (κ1) is 14.4.